The first-order chi connectivity index (χ1) is 11.7. The largest absolute Gasteiger partial charge is 0.433 e. The maximum atomic E-state index is 12.1. The average Bonchev–Trinajstić information content (AvgIpc) is 3.02. The summed E-state index contributed by atoms with van der Waals surface area (Å²) < 4.78 is 28.4. The van der Waals surface area contributed by atoms with Crippen molar-refractivity contribution in [3.8, 4) is 5.75 Å². The van der Waals surface area contributed by atoms with Crippen LogP contribution in [0, 0.1) is 0 Å². The Kier molecular flexibility index (Phi) is 5.27. The first-order valence-corrected chi connectivity index (χ1v) is 8.00. The van der Waals surface area contributed by atoms with Gasteiger partial charge in [0.15, 0.2) is 0 Å². The third-order valence-corrected chi connectivity index (χ3v) is 3.99. The Balaban J connectivity index is 1.53. The molecule has 0 amide bonds. The number of anilines is 1. The van der Waals surface area contributed by atoms with Gasteiger partial charge >= 0.3 is 6.61 Å². The van der Waals surface area contributed by atoms with Gasteiger partial charge in [0.1, 0.15) is 10.8 Å². The van der Waals surface area contributed by atoms with Crippen LogP contribution in [0.15, 0.2) is 48.7 Å². The Labute approximate surface area is 141 Å². The third kappa shape index (κ3) is 4.69. The molecule has 0 spiro atoms. The van der Waals surface area contributed by atoms with E-state index in [1.54, 1.807) is 6.07 Å². The van der Waals surface area contributed by atoms with Gasteiger partial charge in [-0.25, -0.2) is 0 Å². The van der Waals surface area contributed by atoms with Crippen molar-refractivity contribution < 1.29 is 13.5 Å². The molecule has 0 aliphatic carbocycles. The van der Waals surface area contributed by atoms with Crippen LogP contribution in [-0.4, -0.2) is 21.8 Å². The fourth-order valence-corrected chi connectivity index (χ4v) is 2.79. The molecule has 2 heterocycles. The van der Waals surface area contributed by atoms with Gasteiger partial charge < -0.3 is 10.1 Å². The van der Waals surface area contributed by atoms with Crippen LogP contribution in [0.4, 0.5) is 13.9 Å². The average molecular weight is 348 g/mol. The number of nitrogens with zero attached hydrogens (tertiary/aromatic N) is 3. The first kappa shape index (κ1) is 16.3. The molecule has 5 nitrogen and oxygen atoms in total. The van der Waals surface area contributed by atoms with Crippen molar-refractivity contribution in [1.29, 1.82) is 0 Å². The highest BCUT2D eigenvalue weighted by molar-refractivity contribution is 7.15. The van der Waals surface area contributed by atoms with E-state index < -0.39 is 6.61 Å². The van der Waals surface area contributed by atoms with Crippen molar-refractivity contribution in [3.05, 3.63) is 64.9 Å². The Morgan fingerprint density at radius 3 is 2.62 bits per heavy atom. The second-order valence-corrected chi connectivity index (χ2v) is 5.94. The molecule has 0 radical (unpaired) electrons. The molecule has 1 aromatic carbocycles. The van der Waals surface area contributed by atoms with E-state index in [0.29, 0.717) is 17.4 Å². The Bertz CT molecular complexity index is 765. The molecule has 0 fully saturated rings. The normalized spacial score (nSPS) is 10.8. The predicted molar refractivity (Wildman–Crippen MR) is 87.4 cm³/mol. The van der Waals surface area contributed by atoms with Crippen molar-refractivity contribution >= 4 is 16.5 Å². The lowest BCUT2D eigenvalue weighted by molar-refractivity contribution is -0.0500. The molecule has 0 atom stereocenters. The molecular formula is C16H14F2N4OS. The van der Waals surface area contributed by atoms with Gasteiger partial charge in [-0.2, -0.15) is 8.78 Å². The van der Waals surface area contributed by atoms with E-state index in [4.69, 9.17) is 0 Å². The topological polar surface area (TPSA) is 59.9 Å². The number of hydrogen-bond acceptors (Lipinski definition) is 6. The second kappa shape index (κ2) is 7.78. The molecule has 8 heteroatoms. The summed E-state index contributed by atoms with van der Waals surface area (Å²) in [6, 6.07) is 13.1. The van der Waals surface area contributed by atoms with Gasteiger partial charge in [0.05, 0.1) is 18.4 Å². The molecule has 0 saturated heterocycles. The molecular weight excluding hydrogens is 334 g/mol. The van der Waals surface area contributed by atoms with Crippen LogP contribution >= 0.6 is 11.3 Å². The number of pyridine rings is 1. The number of benzene rings is 1. The highest BCUT2D eigenvalue weighted by Gasteiger charge is 2.07. The molecule has 3 rings (SSSR count). The highest BCUT2D eigenvalue weighted by atomic mass is 32.1. The standard InChI is InChI=1S/C16H14F2N4OS/c17-15(18)23-13-7-6-12(19-10-13)9-20-16-22-21-14(24-16)8-11-4-2-1-3-5-11/h1-7,10,15H,8-9H2,(H,20,22). The fraction of sp³-hybridized carbons (Fsp3) is 0.188. The maximum Gasteiger partial charge on any atom is 0.387 e. The van der Waals surface area contributed by atoms with Gasteiger partial charge in [-0.05, 0) is 17.7 Å². The van der Waals surface area contributed by atoms with Crippen LogP contribution in [0.2, 0.25) is 0 Å². The van der Waals surface area contributed by atoms with E-state index in [2.05, 4.69) is 25.2 Å². The molecule has 0 unspecified atom stereocenters. The SMILES string of the molecule is FC(F)Oc1ccc(CNc2nnc(Cc3ccccc3)s2)nc1. The minimum absolute atomic E-state index is 0.0369. The number of ether oxygens (including phenoxy) is 1. The van der Waals surface area contributed by atoms with Crippen molar-refractivity contribution in [2.45, 2.75) is 19.6 Å². The summed E-state index contributed by atoms with van der Waals surface area (Å²) >= 11 is 1.47. The van der Waals surface area contributed by atoms with Crippen LogP contribution in [-0.2, 0) is 13.0 Å². The number of rotatable bonds is 7. The summed E-state index contributed by atoms with van der Waals surface area (Å²) in [6.45, 7) is -2.42. The zero-order valence-electron chi connectivity index (χ0n) is 12.5. The molecule has 0 aliphatic heterocycles. The minimum Gasteiger partial charge on any atom is -0.433 e. The number of alkyl halides is 2. The van der Waals surface area contributed by atoms with E-state index >= 15 is 0 Å². The zero-order valence-corrected chi connectivity index (χ0v) is 13.3. The van der Waals surface area contributed by atoms with E-state index in [1.165, 1.54) is 29.2 Å². The Hall–Kier alpha value is -2.61. The van der Waals surface area contributed by atoms with Crippen LogP contribution < -0.4 is 10.1 Å². The number of aromatic nitrogens is 3. The Morgan fingerprint density at radius 2 is 1.92 bits per heavy atom. The van der Waals surface area contributed by atoms with Crippen LogP contribution in [0.5, 0.6) is 5.75 Å². The van der Waals surface area contributed by atoms with Gasteiger partial charge in [0.2, 0.25) is 5.13 Å². The molecule has 1 N–H and O–H groups in total. The maximum absolute atomic E-state index is 12.1. The number of halogens is 2. The second-order valence-electron chi connectivity index (χ2n) is 4.88. The number of nitrogens with one attached hydrogen (secondary N) is 1. The van der Waals surface area contributed by atoms with Gasteiger partial charge in [0, 0.05) is 6.42 Å². The van der Waals surface area contributed by atoms with Gasteiger partial charge in [0.25, 0.3) is 0 Å². The molecule has 124 valence electrons. The van der Waals surface area contributed by atoms with Gasteiger partial charge in [-0.15, -0.1) is 10.2 Å². The van der Waals surface area contributed by atoms with E-state index in [0.717, 1.165) is 11.4 Å². The lowest BCUT2D eigenvalue weighted by Crippen LogP contribution is -2.04. The summed E-state index contributed by atoms with van der Waals surface area (Å²) in [6.07, 6.45) is 2.00. The van der Waals surface area contributed by atoms with E-state index in [9.17, 15) is 8.78 Å². The van der Waals surface area contributed by atoms with Crippen LogP contribution in [0.25, 0.3) is 0 Å². The molecule has 0 aliphatic rings. The summed E-state index contributed by atoms with van der Waals surface area (Å²) in [7, 11) is 0. The molecule has 0 bridgehead atoms. The summed E-state index contributed by atoms with van der Waals surface area (Å²) in [4.78, 5) is 4.06. The Morgan fingerprint density at radius 1 is 1.08 bits per heavy atom. The number of hydrogen-bond donors (Lipinski definition) is 1. The smallest absolute Gasteiger partial charge is 0.387 e. The summed E-state index contributed by atoms with van der Waals surface area (Å²) in [5.41, 5.74) is 1.87. The molecule has 24 heavy (non-hydrogen) atoms. The van der Waals surface area contributed by atoms with E-state index in [1.807, 2.05) is 30.3 Å². The van der Waals surface area contributed by atoms with Crippen molar-refractivity contribution in [1.82, 2.24) is 15.2 Å². The lowest BCUT2D eigenvalue weighted by atomic mass is 10.2. The quantitative estimate of drug-likeness (QED) is 0.705. The van der Waals surface area contributed by atoms with Gasteiger partial charge in [-0.3, -0.25) is 4.98 Å². The van der Waals surface area contributed by atoms with Crippen molar-refractivity contribution in [2.75, 3.05) is 5.32 Å². The highest BCUT2D eigenvalue weighted by Crippen LogP contribution is 2.19. The zero-order chi connectivity index (χ0) is 16.8. The van der Waals surface area contributed by atoms with Crippen LogP contribution in [0.3, 0.4) is 0 Å². The summed E-state index contributed by atoms with van der Waals surface area (Å²) in [5.74, 6) is 0.0369. The monoisotopic (exact) mass is 348 g/mol. The van der Waals surface area contributed by atoms with Crippen molar-refractivity contribution in [2.24, 2.45) is 0 Å². The molecule has 3 aromatic rings. The fourth-order valence-electron chi connectivity index (χ4n) is 2.02. The lowest BCUT2D eigenvalue weighted by Gasteiger charge is -2.05. The molecule has 0 saturated carbocycles. The van der Waals surface area contributed by atoms with Crippen molar-refractivity contribution in [3.63, 3.8) is 0 Å². The summed E-state index contributed by atoms with van der Waals surface area (Å²) in [5, 5.41) is 13.0. The van der Waals surface area contributed by atoms with Gasteiger partial charge in [-0.1, -0.05) is 41.7 Å². The third-order valence-electron chi connectivity index (χ3n) is 3.11. The first-order valence-electron chi connectivity index (χ1n) is 7.19. The van der Waals surface area contributed by atoms with E-state index in [-0.39, 0.29) is 5.75 Å². The van der Waals surface area contributed by atoms with Crippen LogP contribution in [0.1, 0.15) is 16.3 Å². The predicted octanol–water partition coefficient (Wildman–Crippen LogP) is 3.74. The molecule has 2 aromatic heterocycles. The minimum atomic E-state index is -2.85.